The number of aryl methyl sites for hydroxylation is 1. The van der Waals surface area contributed by atoms with Gasteiger partial charge in [-0.3, -0.25) is 10.2 Å². The van der Waals surface area contributed by atoms with Gasteiger partial charge in [-0.2, -0.15) is 15.1 Å². The maximum absolute atomic E-state index is 12.8. The molecule has 2 aromatic rings. The molecule has 0 aliphatic carbocycles. The molecular weight excluding hydrogens is 470 g/mol. The number of hydrazone groups is 1. The number of aromatic nitrogens is 1. The van der Waals surface area contributed by atoms with Crippen LogP contribution in [0.15, 0.2) is 39.9 Å². The molecule has 0 saturated carbocycles. The Labute approximate surface area is 209 Å². The number of benzene rings is 1. The smallest absolute Gasteiger partial charge is 0.283 e. The van der Waals surface area contributed by atoms with Crippen LogP contribution in [0.1, 0.15) is 56.0 Å². The molecule has 7 nitrogen and oxygen atoms in total. The van der Waals surface area contributed by atoms with Crippen molar-refractivity contribution >= 4 is 51.4 Å². The number of amidine groups is 2. The molecular formula is C25H28ClN5O2S. The summed E-state index contributed by atoms with van der Waals surface area (Å²) < 4.78 is 7.56. The van der Waals surface area contributed by atoms with E-state index >= 15 is 0 Å². The Morgan fingerprint density at radius 2 is 2.00 bits per heavy atom. The molecule has 2 aliphatic heterocycles. The number of nitrogens with one attached hydrogen (secondary N) is 1. The van der Waals surface area contributed by atoms with Crippen molar-refractivity contribution in [3.8, 4) is 11.4 Å². The Bertz CT molecular complexity index is 1240. The van der Waals surface area contributed by atoms with E-state index in [9.17, 15) is 4.79 Å². The van der Waals surface area contributed by atoms with Crippen LogP contribution >= 0.6 is 23.4 Å². The molecule has 0 saturated heterocycles. The van der Waals surface area contributed by atoms with E-state index in [0.29, 0.717) is 15.9 Å². The van der Waals surface area contributed by atoms with Crippen LogP contribution in [0.25, 0.3) is 11.8 Å². The summed E-state index contributed by atoms with van der Waals surface area (Å²) in [5, 5.41) is 16.7. The minimum Gasteiger partial charge on any atom is -0.495 e. The van der Waals surface area contributed by atoms with Crippen molar-refractivity contribution in [1.82, 2.24) is 9.58 Å². The second-order valence-electron chi connectivity index (χ2n) is 8.30. The first-order valence-electron chi connectivity index (χ1n) is 11.4. The van der Waals surface area contributed by atoms with Crippen LogP contribution in [0.5, 0.6) is 5.75 Å². The van der Waals surface area contributed by atoms with Gasteiger partial charge in [0.05, 0.1) is 18.4 Å². The summed E-state index contributed by atoms with van der Waals surface area (Å²) in [7, 11) is 1.62. The van der Waals surface area contributed by atoms with Gasteiger partial charge in [-0.05, 0) is 74.4 Å². The van der Waals surface area contributed by atoms with E-state index in [1.54, 1.807) is 19.3 Å². The maximum Gasteiger partial charge on any atom is 0.283 e. The summed E-state index contributed by atoms with van der Waals surface area (Å²) in [5.41, 5.74) is 3.71. The van der Waals surface area contributed by atoms with Crippen molar-refractivity contribution in [2.24, 2.45) is 10.1 Å². The molecule has 1 N–H and O–H groups in total. The molecule has 0 bridgehead atoms. The van der Waals surface area contributed by atoms with Gasteiger partial charge in [0.25, 0.3) is 5.91 Å². The Balaban J connectivity index is 1.64. The van der Waals surface area contributed by atoms with Gasteiger partial charge in [-0.1, -0.05) is 37.8 Å². The number of carbonyl (C=O) groups is 1. The molecule has 1 aromatic carbocycles. The van der Waals surface area contributed by atoms with E-state index in [1.807, 2.05) is 36.6 Å². The summed E-state index contributed by atoms with van der Waals surface area (Å²) in [6, 6.07) is 7.43. The molecule has 0 spiro atoms. The van der Waals surface area contributed by atoms with Crippen molar-refractivity contribution < 1.29 is 9.53 Å². The Hall–Kier alpha value is -2.84. The average Bonchev–Trinajstić information content (AvgIpc) is 3.33. The van der Waals surface area contributed by atoms with Crippen LogP contribution in [0.2, 0.25) is 5.02 Å². The van der Waals surface area contributed by atoms with Gasteiger partial charge in [0.1, 0.15) is 10.8 Å². The van der Waals surface area contributed by atoms with Crippen LogP contribution in [0.3, 0.4) is 0 Å². The SMILES string of the molecule is CCCCCCC1=NN2C(=N)C(=Cc3cc(C)n(-c4cc(Cl)ccc4OC)c3C)C(=O)N=C2S1. The molecule has 0 atom stereocenters. The van der Waals surface area contributed by atoms with Crippen LogP contribution in [0.4, 0.5) is 0 Å². The standard InChI is InChI=1S/C25H28ClN5O2S/c1-5-6-7-8-9-22-29-31-23(27)19(24(32)28-25(31)34-22)13-17-12-15(2)30(16(17)3)20-14-18(26)10-11-21(20)33-4/h10-14,27H,5-9H2,1-4H3. The van der Waals surface area contributed by atoms with Gasteiger partial charge in [0.2, 0.25) is 5.17 Å². The van der Waals surface area contributed by atoms with Crippen molar-refractivity contribution in [3.05, 3.63) is 51.8 Å². The lowest BCUT2D eigenvalue weighted by Crippen LogP contribution is -2.35. The Morgan fingerprint density at radius 3 is 2.74 bits per heavy atom. The second kappa shape index (κ2) is 10.2. The minimum absolute atomic E-state index is 0.0520. The monoisotopic (exact) mass is 497 g/mol. The van der Waals surface area contributed by atoms with Crippen molar-refractivity contribution in [2.75, 3.05) is 7.11 Å². The normalized spacial score (nSPS) is 16.7. The van der Waals surface area contributed by atoms with Crippen LogP contribution in [-0.4, -0.2) is 38.6 Å². The van der Waals surface area contributed by atoms with E-state index < -0.39 is 5.91 Å². The fraction of sp³-hybridized carbons (Fsp3) is 0.360. The van der Waals surface area contributed by atoms with Crippen molar-refractivity contribution in [2.45, 2.75) is 52.9 Å². The molecule has 4 rings (SSSR count). The maximum atomic E-state index is 12.8. The number of thioether (sulfide) groups is 1. The van der Waals surface area contributed by atoms with Crippen molar-refractivity contribution in [3.63, 3.8) is 0 Å². The lowest BCUT2D eigenvalue weighted by atomic mass is 10.1. The molecule has 2 aliphatic rings. The lowest BCUT2D eigenvalue weighted by Gasteiger charge is -2.20. The predicted octanol–water partition coefficient (Wildman–Crippen LogP) is 6.35. The number of unbranched alkanes of at least 4 members (excludes halogenated alkanes) is 3. The van der Waals surface area contributed by atoms with E-state index in [1.165, 1.54) is 29.6 Å². The quantitative estimate of drug-likeness (QED) is 0.340. The average molecular weight is 498 g/mol. The number of fused-ring (bicyclic) bond motifs is 1. The topological polar surface area (TPSA) is 83.0 Å². The number of nitrogens with zero attached hydrogens (tertiary/aromatic N) is 4. The molecule has 1 aromatic heterocycles. The number of aliphatic imine (C=N–C) groups is 1. The van der Waals surface area contributed by atoms with Crippen LogP contribution < -0.4 is 4.74 Å². The highest BCUT2D eigenvalue weighted by atomic mass is 35.5. The molecule has 0 radical (unpaired) electrons. The first-order valence-corrected chi connectivity index (χ1v) is 12.6. The summed E-state index contributed by atoms with van der Waals surface area (Å²) >= 11 is 7.64. The number of rotatable bonds is 8. The molecule has 9 heteroatoms. The highest BCUT2D eigenvalue weighted by Gasteiger charge is 2.35. The van der Waals surface area contributed by atoms with E-state index in [4.69, 9.17) is 21.7 Å². The molecule has 0 unspecified atom stereocenters. The summed E-state index contributed by atoms with van der Waals surface area (Å²) in [6.45, 7) is 6.12. The largest absolute Gasteiger partial charge is 0.495 e. The third-order valence-corrected chi connectivity index (χ3v) is 7.10. The highest BCUT2D eigenvalue weighted by Crippen LogP contribution is 2.33. The van der Waals surface area contributed by atoms with Gasteiger partial charge < -0.3 is 9.30 Å². The van der Waals surface area contributed by atoms with Gasteiger partial charge in [0, 0.05) is 16.4 Å². The van der Waals surface area contributed by atoms with Crippen molar-refractivity contribution in [1.29, 1.82) is 5.41 Å². The fourth-order valence-electron chi connectivity index (χ4n) is 4.13. The molecule has 0 fully saturated rings. The molecule has 34 heavy (non-hydrogen) atoms. The van der Waals surface area contributed by atoms with Gasteiger partial charge in [-0.15, -0.1) is 0 Å². The van der Waals surface area contributed by atoms with E-state index in [-0.39, 0.29) is 11.4 Å². The van der Waals surface area contributed by atoms with E-state index in [2.05, 4.69) is 17.0 Å². The molecule has 178 valence electrons. The summed E-state index contributed by atoms with van der Waals surface area (Å²) in [4.78, 5) is 17.1. The molecule has 1 amide bonds. The number of methoxy groups -OCH3 is 1. The zero-order valence-electron chi connectivity index (χ0n) is 19.8. The second-order valence-corrected chi connectivity index (χ2v) is 9.78. The number of hydrogen-bond donors (Lipinski definition) is 1. The highest BCUT2D eigenvalue weighted by molar-refractivity contribution is 8.26. The predicted molar refractivity (Wildman–Crippen MR) is 141 cm³/mol. The molecule has 3 heterocycles. The lowest BCUT2D eigenvalue weighted by molar-refractivity contribution is -0.114. The Morgan fingerprint density at radius 1 is 1.21 bits per heavy atom. The summed E-state index contributed by atoms with van der Waals surface area (Å²) in [6.07, 6.45) is 7.13. The number of ether oxygens (including phenoxy) is 1. The summed E-state index contributed by atoms with van der Waals surface area (Å²) in [5.74, 6) is 0.323. The van der Waals surface area contributed by atoms with Crippen LogP contribution in [-0.2, 0) is 4.79 Å². The third kappa shape index (κ3) is 4.70. The first kappa shape index (κ1) is 24.3. The third-order valence-electron chi connectivity index (χ3n) is 5.89. The van der Waals surface area contributed by atoms with Gasteiger partial charge in [-0.25, -0.2) is 0 Å². The fourth-order valence-corrected chi connectivity index (χ4v) is 5.23. The number of amides is 1. The zero-order chi connectivity index (χ0) is 24.4. The van der Waals surface area contributed by atoms with Gasteiger partial charge in [0.15, 0.2) is 5.84 Å². The Kier molecular flexibility index (Phi) is 7.28. The first-order chi connectivity index (χ1) is 16.3. The van der Waals surface area contributed by atoms with Crippen LogP contribution in [0, 0.1) is 19.3 Å². The zero-order valence-corrected chi connectivity index (χ0v) is 21.4. The number of hydrogen-bond acceptors (Lipinski definition) is 5. The number of carbonyl (C=O) groups excluding carboxylic acids is 1. The van der Waals surface area contributed by atoms with Gasteiger partial charge >= 0.3 is 0 Å². The minimum atomic E-state index is -0.420. The number of halogens is 1. The van der Waals surface area contributed by atoms with E-state index in [0.717, 1.165) is 46.9 Å².